The molecule has 0 radical (unpaired) electrons. The van der Waals surface area contributed by atoms with Gasteiger partial charge in [0.2, 0.25) is 15.9 Å². The number of anilines is 1. The third-order valence-corrected chi connectivity index (χ3v) is 5.44. The van der Waals surface area contributed by atoms with E-state index in [0.717, 1.165) is 43.6 Å². The molecule has 0 spiro atoms. The van der Waals surface area contributed by atoms with Gasteiger partial charge in [0.15, 0.2) is 0 Å². The number of hydrogen-bond acceptors (Lipinski definition) is 5. The molecule has 2 aromatic carbocycles. The van der Waals surface area contributed by atoms with Gasteiger partial charge in [-0.1, -0.05) is 36.4 Å². The van der Waals surface area contributed by atoms with Crippen molar-refractivity contribution in [3.05, 3.63) is 71.3 Å². The molecule has 166 valence electrons. The number of rotatable bonds is 8. The number of nitrogens with one attached hydrogen (secondary N) is 2. The van der Waals surface area contributed by atoms with Gasteiger partial charge in [-0.2, -0.15) is 0 Å². The summed E-state index contributed by atoms with van der Waals surface area (Å²) < 4.78 is 30.5. The van der Waals surface area contributed by atoms with Gasteiger partial charge >= 0.3 is 0 Å². The summed E-state index contributed by atoms with van der Waals surface area (Å²) in [7, 11) is -3.30. The highest BCUT2D eigenvalue weighted by Crippen LogP contribution is 2.13. The minimum atomic E-state index is -3.30. The molecule has 0 bridgehead atoms. The molecule has 1 atom stereocenters. The van der Waals surface area contributed by atoms with Crippen molar-refractivity contribution >= 4 is 27.7 Å². The first-order valence-corrected chi connectivity index (χ1v) is 12.1. The van der Waals surface area contributed by atoms with Crippen molar-refractivity contribution in [3.63, 3.8) is 0 Å². The van der Waals surface area contributed by atoms with Crippen LogP contribution >= 0.6 is 0 Å². The van der Waals surface area contributed by atoms with Crippen molar-refractivity contribution in [1.29, 1.82) is 0 Å². The lowest BCUT2D eigenvalue weighted by Crippen LogP contribution is -2.40. The molecule has 1 heterocycles. The number of carbonyl (C=O) groups is 1. The van der Waals surface area contributed by atoms with Gasteiger partial charge in [-0.3, -0.25) is 14.4 Å². The van der Waals surface area contributed by atoms with Gasteiger partial charge < -0.3 is 10.1 Å². The largest absolute Gasteiger partial charge is 0.376 e. The molecule has 8 heteroatoms. The maximum absolute atomic E-state index is 12.2. The van der Waals surface area contributed by atoms with E-state index >= 15 is 0 Å². The van der Waals surface area contributed by atoms with E-state index in [9.17, 15) is 13.2 Å². The molecule has 2 N–H and O–H groups in total. The van der Waals surface area contributed by atoms with Gasteiger partial charge in [0, 0.05) is 37.9 Å². The second-order valence-corrected chi connectivity index (χ2v) is 9.53. The number of ether oxygens (including phenoxy) is 1. The van der Waals surface area contributed by atoms with E-state index < -0.39 is 10.0 Å². The van der Waals surface area contributed by atoms with Crippen molar-refractivity contribution in [1.82, 2.24) is 10.2 Å². The van der Waals surface area contributed by atoms with Crippen LogP contribution in [0.15, 0.2) is 54.6 Å². The lowest BCUT2D eigenvalue weighted by molar-refractivity contribution is -0.116. The molecule has 1 amide bonds. The van der Waals surface area contributed by atoms with Crippen LogP contribution in [0.5, 0.6) is 0 Å². The van der Waals surface area contributed by atoms with Crippen LogP contribution in [0.1, 0.15) is 23.6 Å². The first-order chi connectivity index (χ1) is 14.8. The van der Waals surface area contributed by atoms with Crippen LogP contribution < -0.4 is 10.0 Å². The summed E-state index contributed by atoms with van der Waals surface area (Å²) in [4.78, 5) is 14.6. The molecule has 3 rings (SSSR count). The Morgan fingerprint density at radius 1 is 1.19 bits per heavy atom. The smallest absolute Gasteiger partial charge is 0.244 e. The van der Waals surface area contributed by atoms with Crippen molar-refractivity contribution in [2.45, 2.75) is 26.1 Å². The Hall–Kier alpha value is -2.68. The molecule has 1 unspecified atom stereocenters. The Morgan fingerprint density at radius 2 is 1.94 bits per heavy atom. The Bertz CT molecular complexity index is 1020. The molecule has 7 nitrogen and oxygen atoms in total. The number of morpholine rings is 1. The summed E-state index contributed by atoms with van der Waals surface area (Å²) in [5.41, 5.74) is 3.56. The van der Waals surface area contributed by atoms with Crippen LogP contribution in [0, 0.1) is 0 Å². The molecule has 1 saturated heterocycles. The van der Waals surface area contributed by atoms with Crippen LogP contribution in [0.25, 0.3) is 6.08 Å². The van der Waals surface area contributed by atoms with Gasteiger partial charge in [0.05, 0.1) is 19.0 Å². The molecular weight excluding hydrogens is 414 g/mol. The van der Waals surface area contributed by atoms with Crippen LogP contribution in [-0.2, 0) is 32.6 Å². The highest BCUT2D eigenvalue weighted by Gasteiger charge is 2.16. The van der Waals surface area contributed by atoms with E-state index in [1.54, 1.807) is 30.3 Å². The summed E-state index contributed by atoms with van der Waals surface area (Å²) in [6.45, 7) is 6.04. The second-order valence-electron chi connectivity index (χ2n) is 7.78. The van der Waals surface area contributed by atoms with Gasteiger partial charge in [-0.25, -0.2) is 8.42 Å². The topological polar surface area (TPSA) is 87.7 Å². The lowest BCUT2D eigenvalue weighted by atomic mass is 10.1. The Labute approximate surface area is 184 Å². The standard InChI is InChI=1S/C23H29N3O4S/c1-18-16-26(12-13-30-18)17-21-5-3-4-20(14-21)15-24-23(27)11-8-19-6-9-22(10-7-19)25-31(2,28)29/h3-11,14,18,25H,12-13,15-17H2,1-2H3,(H,24,27)/b11-8+. The van der Waals surface area contributed by atoms with E-state index in [1.165, 1.54) is 11.6 Å². The van der Waals surface area contributed by atoms with Crippen molar-refractivity contribution in [3.8, 4) is 0 Å². The molecule has 0 aliphatic carbocycles. The molecule has 0 saturated carbocycles. The van der Waals surface area contributed by atoms with Crippen molar-refractivity contribution < 1.29 is 17.9 Å². The minimum absolute atomic E-state index is 0.189. The normalized spacial score (nSPS) is 17.5. The molecule has 1 aliphatic rings. The van der Waals surface area contributed by atoms with Gasteiger partial charge in [-0.05, 0) is 41.8 Å². The number of carbonyl (C=O) groups excluding carboxylic acids is 1. The quantitative estimate of drug-likeness (QED) is 0.613. The van der Waals surface area contributed by atoms with Gasteiger partial charge in [0.25, 0.3) is 0 Å². The first-order valence-electron chi connectivity index (χ1n) is 10.2. The maximum atomic E-state index is 12.2. The summed E-state index contributed by atoms with van der Waals surface area (Å²) in [6.07, 6.45) is 4.52. The summed E-state index contributed by atoms with van der Waals surface area (Å²) in [6, 6.07) is 15.0. The number of hydrogen-bond donors (Lipinski definition) is 2. The monoisotopic (exact) mass is 443 g/mol. The van der Waals surface area contributed by atoms with Crippen LogP contribution in [0.4, 0.5) is 5.69 Å². The van der Waals surface area contributed by atoms with Crippen LogP contribution in [0.3, 0.4) is 0 Å². The molecule has 31 heavy (non-hydrogen) atoms. The number of amides is 1. The van der Waals surface area contributed by atoms with E-state index in [2.05, 4.69) is 34.0 Å². The SMILES string of the molecule is CC1CN(Cc2cccc(CNC(=O)/C=C/c3ccc(NS(C)(=O)=O)cc3)c2)CCO1. The third-order valence-electron chi connectivity index (χ3n) is 4.83. The van der Waals surface area contributed by atoms with Gasteiger partial charge in [-0.15, -0.1) is 0 Å². The molecule has 1 fully saturated rings. The highest BCUT2D eigenvalue weighted by molar-refractivity contribution is 7.92. The molecule has 0 aromatic heterocycles. The third kappa shape index (κ3) is 8.16. The average molecular weight is 444 g/mol. The van der Waals surface area contributed by atoms with Crippen molar-refractivity contribution in [2.75, 3.05) is 30.7 Å². The highest BCUT2D eigenvalue weighted by atomic mass is 32.2. The van der Waals surface area contributed by atoms with Crippen LogP contribution in [-0.4, -0.2) is 51.3 Å². The zero-order valence-electron chi connectivity index (χ0n) is 17.9. The van der Waals surface area contributed by atoms with Gasteiger partial charge in [0.1, 0.15) is 0 Å². The summed E-state index contributed by atoms with van der Waals surface area (Å²) in [5.74, 6) is -0.189. The Balaban J connectivity index is 1.49. The second kappa shape index (κ2) is 10.6. The fraction of sp³-hybridized carbons (Fsp3) is 0.348. The van der Waals surface area contributed by atoms with Crippen molar-refractivity contribution in [2.24, 2.45) is 0 Å². The lowest BCUT2D eigenvalue weighted by Gasteiger charge is -2.31. The maximum Gasteiger partial charge on any atom is 0.244 e. The average Bonchev–Trinajstić information content (AvgIpc) is 2.71. The van der Waals surface area contributed by atoms with E-state index in [0.29, 0.717) is 12.2 Å². The predicted molar refractivity (Wildman–Crippen MR) is 123 cm³/mol. The summed E-state index contributed by atoms with van der Waals surface area (Å²) in [5, 5.41) is 2.90. The molecular formula is C23H29N3O4S. The van der Waals surface area contributed by atoms with E-state index in [4.69, 9.17) is 4.74 Å². The number of nitrogens with zero attached hydrogens (tertiary/aromatic N) is 1. The fourth-order valence-electron chi connectivity index (χ4n) is 3.43. The summed E-state index contributed by atoms with van der Waals surface area (Å²) >= 11 is 0. The zero-order chi connectivity index (χ0) is 22.3. The molecule has 2 aromatic rings. The fourth-order valence-corrected chi connectivity index (χ4v) is 3.99. The Kier molecular flexibility index (Phi) is 7.84. The minimum Gasteiger partial charge on any atom is -0.376 e. The predicted octanol–water partition coefficient (Wildman–Crippen LogP) is 2.61. The number of benzene rings is 2. The Morgan fingerprint density at radius 3 is 2.65 bits per heavy atom. The zero-order valence-corrected chi connectivity index (χ0v) is 18.7. The van der Waals surface area contributed by atoms with Crippen LogP contribution in [0.2, 0.25) is 0 Å². The molecule has 1 aliphatic heterocycles. The van der Waals surface area contributed by atoms with E-state index in [-0.39, 0.29) is 12.0 Å². The number of sulfonamides is 1. The first kappa shape index (κ1) is 23.0. The van der Waals surface area contributed by atoms with E-state index in [1.807, 2.05) is 12.1 Å².